The Bertz CT molecular complexity index is 619. The van der Waals surface area contributed by atoms with Crippen LogP contribution < -0.4 is 4.74 Å². The van der Waals surface area contributed by atoms with E-state index in [1.165, 1.54) is 0 Å². The molecular formula is C17H19NO2S. The third kappa shape index (κ3) is 3.73. The van der Waals surface area contributed by atoms with Crippen LogP contribution in [0.4, 0.5) is 0 Å². The van der Waals surface area contributed by atoms with Crippen molar-refractivity contribution in [3.05, 3.63) is 58.3 Å². The van der Waals surface area contributed by atoms with Gasteiger partial charge in [0, 0.05) is 23.6 Å². The first kappa shape index (κ1) is 15.3. The van der Waals surface area contributed by atoms with E-state index in [4.69, 9.17) is 4.74 Å². The maximum atomic E-state index is 12.3. The first-order valence-electron chi connectivity index (χ1n) is 6.74. The molecule has 0 bridgehead atoms. The minimum absolute atomic E-state index is 0.0261. The van der Waals surface area contributed by atoms with E-state index < -0.39 is 0 Å². The Morgan fingerprint density at radius 1 is 1.29 bits per heavy atom. The van der Waals surface area contributed by atoms with E-state index in [9.17, 15) is 4.79 Å². The maximum absolute atomic E-state index is 12.3. The van der Waals surface area contributed by atoms with Crippen LogP contribution in [-0.4, -0.2) is 25.0 Å². The molecule has 4 heteroatoms. The summed E-state index contributed by atoms with van der Waals surface area (Å²) in [5.74, 6) is 0.772. The lowest BCUT2D eigenvalue weighted by atomic mass is 10.1. The summed E-state index contributed by atoms with van der Waals surface area (Å²) in [6, 6.07) is 11.7. The Morgan fingerprint density at radius 3 is 2.71 bits per heavy atom. The number of thiophene rings is 1. The summed E-state index contributed by atoms with van der Waals surface area (Å²) in [6.45, 7) is 1.99. The molecule has 0 spiro atoms. The van der Waals surface area contributed by atoms with Gasteiger partial charge in [0.2, 0.25) is 5.91 Å². The molecule has 0 aliphatic carbocycles. The minimum Gasteiger partial charge on any atom is -0.496 e. The summed E-state index contributed by atoms with van der Waals surface area (Å²) in [5.41, 5.74) is 1.00. The predicted molar refractivity (Wildman–Crippen MR) is 87.5 cm³/mol. The average molecular weight is 301 g/mol. The molecule has 1 amide bonds. The third-order valence-corrected chi connectivity index (χ3v) is 4.29. The van der Waals surface area contributed by atoms with Gasteiger partial charge in [-0.3, -0.25) is 4.79 Å². The summed E-state index contributed by atoms with van der Waals surface area (Å²) in [7, 11) is 3.45. The number of rotatable bonds is 5. The fraction of sp³-hybridized carbons (Fsp3) is 0.235. The quantitative estimate of drug-likeness (QED) is 0.782. The summed E-state index contributed by atoms with van der Waals surface area (Å²) in [6.07, 6.45) is 3.45. The van der Waals surface area contributed by atoms with Gasteiger partial charge >= 0.3 is 0 Å². The fourth-order valence-electron chi connectivity index (χ4n) is 2.07. The van der Waals surface area contributed by atoms with E-state index in [-0.39, 0.29) is 11.9 Å². The molecule has 0 saturated heterocycles. The lowest BCUT2D eigenvalue weighted by Gasteiger charge is -2.25. The SMILES string of the molecule is COc1ccccc1[C@H](C)N(C)C(=O)/C=C/c1cccs1. The van der Waals surface area contributed by atoms with Gasteiger partial charge in [-0.1, -0.05) is 24.3 Å². The molecule has 1 heterocycles. The molecule has 2 rings (SSSR count). The number of ether oxygens (including phenoxy) is 1. The lowest BCUT2D eigenvalue weighted by molar-refractivity contribution is -0.126. The van der Waals surface area contributed by atoms with Crippen molar-refractivity contribution in [3.8, 4) is 5.75 Å². The summed E-state index contributed by atoms with van der Waals surface area (Å²) in [5, 5.41) is 1.99. The molecule has 0 unspecified atom stereocenters. The normalized spacial score (nSPS) is 12.3. The maximum Gasteiger partial charge on any atom is 0.246 e. The van der Waals surface area contributed by atoms with Crippen LogP contribution in [0.1, 0.15) is 23.4 Å². The molecule has 0 aliphatic heterocycles. The molecule has 0 radical (unpaired) electrons. The lowest BCUT2D eigenvalue weighted by Crippen LogP contribution is -2.28. The Labute approximate surface area is 129 Å². The highest BCUT2D eigenvalue weighted by Crippen LogP contribution is 2.28. The number of methoxy groups -OCH3 is 1. The van der Waals surface area contributed by atoms with Crippen molar-refractivity contribution in [2.24, 2.45) is 0 Å². The Morgan fingerprint density at radius 2 is 2.05 bits per heavy atom. The second-order valence-electron chi connectivity index (χ2n) is 4.72. The number of amides is 1. The molecule has 1 atom stereocenters. The predicted octanol–water partition coefficient (Wildman–Crippen LogP) is 3.99. The highest BCUT2D eigenvalue weighted by molar-refractivity contribution is 7.10. The second kappa shape index (κ2) is 7.09. The van der Waals surface area contributed by atoms with Crippen molar-refractivity contribution in [1.82, 2.24) is 4.90 Å². The Kier molecular flexibility index (Phi) is 5.17. The van der Waals surface area contributed by atoms with Gasteiger partial charge in [0.1, 0.15) is 5.75 Å². The van der Waals surface area contributed by atoms with E-state index in [2.05, 4.69) is 0 Å². The molecule has 0 aliphatic rings. The van der Waals surface area contributed by atoms with E-state index >= 15 is 0 Å². The van der Waals surface area contributed by atoms with Crippen LogP contribution in [0.25, 0.3) is 6.08 Å². The van der Waals surface area contributed by atoms with Crippen molar-refractivity contribution >= 4 is 23.3 Å². The third-order valence-electron chi connectivity index (χ3n) is 3.45. The summed E-state index contributed by atoms with van der Waals surface area (Å²) < 4.78 is 5.36. The van der Waals surface area contributed by atoms with Crippen LogP contribution in [0.5, 0.6) is 5.75 Å². The number of hydrogen-bond donors (Lipinski definition) is 0. The number of carbonyl (C=O) groups is 1. The minimum atomic E-state index is -0.0540. The van der Waals surface area contributed by atoms with Gasteiger partial charge in [0.25, 0.3) is 0 Å². The number of carbonyl (C=O) groups excluding carboxylic acids is 1. The van der Waals surface area contributed by atoms with E-state index in [1.54, 1.807) is 36.5 Å². The van der Waals surface area contributed by atoms with Gasteiger partial charge in [0.05, 0.1) is 13.2 Å². The molecule has 1 aromatic carbocycles. The summed E-state index contributed by atoms with van der Waals surface area (Å²) >= 11 is 1.61. The molecule has 0 fully saturated rings. The van der Waals surface area contributed by atoms with E-state index in [0.717, 1.165) is 16.2 Å². The first-order valence-corrected chi connectivity index (χ1v) is 7.62. The van der Waals surface area contributed by atoms with Crippen LogP contribution in [0.2, 0.25) is 0 Å². The number of benzene rings is 1. The number of likely N-dealkylation sites (N-methyl/N-ethyl adjacent to an activating group) is 1. The van der Waals surface area contributed by atoms with Gasteiger partial charge in [0.15, 0.2) is 0 Å². The summed E-state index contributed by atoms with van der Waals surface area (Å²) in [4.78, 5) is 15.0. The van der Waals surface area contributed by atoms with Gasteiger partial charge in [-0.15, -0.1) is 11.3 Å². The number of hydrogen-bond acceptors (Lipinski definition) is 3. The second-order valence-corrected chi connectivity index (χ2v) is 5.70. The Balaban J connectivity index is 2.11. The molecule has 0 N–H and O–H groups in total. The monoisotopic (exact) mass is 301 g/mol. The highest BCUT2D eigenvalue weighted by Gasteiger charge is 2.18. The zero-order chi connectivity index (χ0) is 15.2. The molecule has 2 aromatic rings. The molecular weight excluding hydrogens is 282 g/mol. The van der Waals surface area contributed by atoms with E-state index in [1.807, 2.05) is 54.8 Å². The fourth-order valence-corrected chi connectivity index (χ4v) is 2.69. The largest absolute Gasteiger partial charge is 0.496 e. The van der Waals surface area contributed by atoms with E-state index in [0.29, 0.717) is 0 Å². The number of para-hydroxylation sites is 1. The zero-order valence-electron chi connectivity index (χ0n) is 12.4. The van der Waals surface area contributed by atoms with Crippen molar-refractivity contribution < 1.29 is 9.53 Å². The average Bonchev–Trinajstić information content (AvgIpc) is 3.04. The molecule has 21 heavy (non-hydrogen) atoms. The molecule has 1 aromatic heterocycles. The van der Waals surface area contributed by atoms with Crippen molar-refractivity contribution in [1.29, 1.82) is 0 Å². The van der Waals surface area contributed by atoms with Gasteiger partial charge < -0.3 is 9.64 Å². The van der Waals surface area contributed by atoms with Crippen molar-refractivity contribution in [2.75, 3.05) is 14.2 Å². The Hall–Kier alpha value is -2.07. The smallest absolute Gasteiger partial charge is 0.246 e. The molecule has 110 valence electrons. The van der Waals surface area contributed by atoms with Gasteiger partial charge in [-0.25, -0.2) is 0 Å². The van der Waals surface area contributed by atoms with Crippen LogP contribution in [0.3, 0.4) is 0 Å². The first-order chi connectivity index (χ1) is 10.1. The highest BCUT2D eigenvalue weighted by atomic mass is 32.1. The van der Waals surface area contributed by atoms with Gasteiger partial charge in [-0.05, 0) is 30.5 Å². The number of nitrogens with zero attached hydrogens (tertiary/aromatic N) is 1. The van der Waals surface area contributed by atoms with Crippen molar-refractivity contribution in [3.63, 3.8) is 0 Å². The van der Waals surface area contributed by atoms with Crippen LogP contribution in [0, 0.1) is 0 Å². The zero-order valence-corrected chi connectivity index (χ0v) is 13.3. The molecule has 3 nitrogen and oxygen atoms in total. The van der Waals surface area contributed by atoms with Crippen molar-refractivity contribution in [2.45, 2.75) is 13.0 Å². The van der Waals surface area contributed by atoms with Crippen LogP contribution in [0.15, 0.2) is 47.9 Å². The van der Waals surface area contributed by atoms with Crippen LogP contribution >= 0.6 is 11.3 Å². The topological polar surface area (TPSA) is 29.5 Å². The molecule has 0 saturated carbocycles. The standard InChI is InChI=1S/C17H19NO2S/c1-13(15-8-4-5-9-16(15)20-3)18(2)17(19)11-10-14-7-6-12-21-14/h4-13H,1-3H3/b11-10+/t13-/m0/s1. The van der Waals surface area contributed by atoms with Crippen LogP contribution in [-0.2, 0) is 4.79 Å². The van der Waals surface area contributed by atoms with Gasteiger partial charge in [-0.2, -0.15) is 0 Å².